The zero-order valence-corrected chi connectivity index (χ0v) is 16.5. The molecule has 142 valence electrons. The van der Waals surface area contributed by atoms with Crippen molar-refractivity contribution < 1.29 is 4.79 Å². The predicted octanol–water partition coefficient (Wildman–Crippen LogP) is 3.04. The van der Waals surface area contributed by atoms with E-state index < -0.39 is 0 Å². The summed E-state index contributed by atoms with van der Waals surface area (Å²) in [5, 5.41) is 11.6. The lowest BCUT2D eigenvalue weighted by Crippen LogP contribution is -2.31. The zero-order chi connectivity index (χ0) is 19.6. The molecule has 0 spiro atoms. The summed E-state index contributed by atoms with van der Waals surface area (Å²) in [5.74, 6) is 1.07. The van der Waals surface area contributed by atoms with Crippen molar-refractivity contribution in [3.63, 3.8) is 0 Å². The maximum atomic E-state index is 12.8. The monoisotopic (exact) mass is 366 g/mol. The van der Waals surface area contributed by atoms with Crippen molar-refractivity contribution in [1.29, 1.82) is 0 Å². The highest BCUT2D eigenvalue weighted by atomic mass is 16.1. The largest absolute Gasteiger partial charge is 0.342 e. The number of carbonyl (C=O) groups excluding carboxylic acids is 1. The van der Waals surface area contributed by atoms with Gasteiger partial charge < -0.3 is 5.32 Å². The van der Waals surface area contributed by atoms with Crippen LogP contribution >= 0.6 is 0 Å². The summed E-state index contributed by atoms with van der Waals surface area (Å²) < 4.78 is 3.50. The van der Waals surface area contributed by atoms with Crippen LogP contribution in [-0.4, -0.2) is 30.5 Å². The fraction of sp³-hybridized carbons (Fsp3) is 0.400. The lowest BCUT2D eigenvalue weighted by atomic mass is 10.0. The van der Waals surface area contributed by atoms with E-state index in [9.17, 15) is 4.79 Å². The number of aromatic nitrogens is 5. The maximum absolute atomic E-state index is 12.8. The number of benzene rings is 1. The Morgan fingerprint density at radius 3 is 2.41 bits per heavy atom. The molecule has 2 aromatic heterocycles. The highest BCUT2D eigenvalue weighted by molar-refractivity contribution is 5.94. The summed E-state index contributed by atoms with van der Waals surface area (Å²) in [5.41, 5.74) is 3.70. The van der Waals surface area contributed by atoms with Gasteiger partial charge in [-0.25, -0.2) is 4.98 Å². The van der Waals surface area contributed by atoms with Gasteiger partial charge in [0.05, 0.1) is 11.7 Å². The summed E-state index contributed by atoms with van der Waals surface area (Å²) in [6.07, 6.45) is 4.29. The highest BCUT2D eigenvalue weighted by Gasteiger charge is 2.21. The normalized spacial score (nSPS) is 12.4. The van der Waals surface area contributed by atoms with E-state index in [0.29, 0.717) is 11.5 Å². The molecule has 0 unspecified atom stereocenters. The molecule has 3 rings (SSSR count). The fourth-order valence-corrected chi connectivity index (χ4v) is 3.25. The van der Waals surface area contributed by atoms with E-state index in [-0.39, 0.29) is 11.9 Å². The van der Waals surface area contributed by atoms with Crippen molar-refractivity contribution >= 4 is 5.91 Å². The first-order valence-corrected chi connectivity index (χ1v) is 9.10. The second-order valence-corrected chi connectivity index (χ2v) is 7.28. The summed E-state index contributed by atoms with van der Waals surface area (Å²) in [7, 11) is 3.74. The van der Waals surface area contributed by atoms with Gasteiger partial charge in [-0.05, 0) is 37.0 Å². The molecule has 0 aliphatic rings. The molecule has 7 nitrogen and oxygen atoms in total. The molecule has 0 saturated heterocycles. The van der Waals surface area contributed by atoms with Crippen LogP contribution in [0.15, 0.2) is 36.8 Å². The smallest absolute Gasteiger partial charge is 0.251 e. The van der Waals surface area contributed by atoms with Crippen LogP contribution in [-0.2, 0) is 14.1 Å². The molecule has 3 aromatic rings. The first-order valence-electron chi connectivity index (χ1n) is 9.10. The third-order valence-corrected chi connectivity index (χ3v) is 4.54. The standard InChI is InChI=1S/C20H26N6O/c1-13(2)10-18(19-21-12-22-26(19)5)23-20(27)16-8-6-15(7-9-16)17-11-25(4)24-14(17)3/h6-9,11-13,18H,10H2,1-5H3,(H,23,27)/t18-/m0/s1. The number of hydrogen-bond donors (Lipinski definition) is 1. The Morgan fingerprint density at radius 2 is 1.89 bits per heavy atom. The van der Waals surface area contributed by atoms with Crippen LogP contribution in [0.5, 0.6) is 0 Å². The Hall–Kier alpha value is -2.96. The Labute approximate surface area is 159 Å². The summed E-state index contributed by atoms with van der Waals surface area (Å²) >= 11 is 0. The van der Waals surface area contributed by atoms with Crippen LogP contribution in [0, 0.1) is 12.8 Å². The summed E-state index contributed by atoms with van der Waals surface area (Å²) in [6, 6.07) is 7.43. The van der Waals surface area contributed by atoms with Crippen LogP contribution in [0.3, 0.4) is 0 Å². The number of hydrogen-bond acceptors (Lipinski definition) is 4. The molecule has 0 aliphatic carbocycles. The molecule has 1 aromatic carbocycles. The Morgan fingerprint density at radius 1 is 1.19 bits per heavy atom. The van der Waals surface area contributed by atoms with E-state index in [1.807, 2.05) is 51.5 Å². The highest BCUT2D eigenvalue weighted by Crippen LogP contribution is 2.23. The molecule has 0 fully saturated rings. The van der Waals surface area contributed by atoms with Gasteiger partial charge >= 0.3 is 0 Å². The van der Waals surface area contributed by atoms with Crippen LogP contribution in [0.4, 0.5) is 0 Å². The molecule has 0 saturated carbocycles. The van der Waals surface area contributed by atoms with E-state index in [1.54, 1.807) is 9.36 Å². The number of carbonyl (C=O) groups is 1. The second-order valence-electron chi connectivity index (χ2n) is 7.28. The second kappa shape index (κ2) is 7.73. The third kappa shape index (κ3) is 4.24. The molecule has 0 bridgehead atoms. The van der Waals surface area contributed by atoms with Crippen LogP contribution in [0.25, 0.3) is 11.1 Å². The van der Waals surface area contributed by atoms with Crippen molar-refractivity contribution in [3.8, 4) is 11.1 Å². The van der Waals surface area contributed by atoms with Crippen LogP contribution < -0.4 is 5.32 Å². The average Bonchev–Trinajstić information content (AvgIpc) is 3.18. The Balaban J connectivity index is 1.78. The fourth-order valence-electron chi connectivity index (χ4n) is 3.25. The molecule has 7 heteroatoms. The molecular formula is C20H26N6O. The minimum atomic E-state index is -0.176. The van der Waals surface area contributed by atoms with Gasteiger partial charge in [-0.2, -0.15) is 10.2 Å². The number of amides is 1. The molecule has 1 N–H and O–H groups in total. The molecule has 27 heavy (non-hydrogen) atoms. The van der Waals surface area contributed by atoms with Crippen molar-refractivity contribution in [2.75, 3.05) is 0 Å². The van der Waals surface area contributed by atoms with E-state index in [2.05, 4.69) is 34.3 Å². The van der Waals surface area contributed by atoms with E-state index in [1.165, 1.54) is 6.33 Å². The minimum absolute atomic E-state index is 0.113. The van der Waals surface area contributed by atoms with E-state index >= 15 is 0 Å². The number of aryl methyl sites for hydroxylation is 3. The molecule has 0 aliphatic heterocycles. The molecule has 0 radical (unpaired) electrons. The number of nitrogens with one attached hydrogen (secondary N) is 1. The van der Waals surface area contributed by atoms with Crippen LogP contribution in [0.2, 0.25) is 0 Å². The lowest BCUT2D eigenvalue weighted by molar-refractivity contribution is 0.0929. The lowest BCUT2D eigenvalue weighted by Gasteiger charge is -2.20. The quantitative estimate of drug-likeness (QED) is 0.727. The van der Waals surface area contributed by atoms with Gasteiger partial charge in [0.15, 0.2) is 0 Å². The zero-order valence-electron chi connectivity index (χ0n) is 16.5. The van der Waals surface area contributed by atoms with Crippen molar-refractivity contribution in [2.24, 2.45) is 20.0 Å². The minimum Gasteiger partial charge on any atom is -0.342 e. The van der Waals surface area contributed by atoms with Gasteiger partial charge in [0.1, 0.15) is 12.2 Å². The Kier molecular flexibility index (Phi) is 5.39. The first-order chi connectivity index (χ1) is 12.8. The van der Waals surface area contributed by atoms with Gasteiger partial charge in [-0.1, -0.05) is 26.0 Å². The molecule has 1 atom stereocenters. The van der Waals surface area contributed by atoms with Crippen molar-refractivity contribution in [3.05, 3.63) is 53.9 Å². The Bertz CT molecular complexity index is 922. The van der Waals surface area contributed by atoms with Crippen molar-refractivity contribution in [1.82, 2.24) is 29.9 Å². The van der Waals surface area contributed by atoms with E-state index in [4.69, 9.17) is 0 Å². The van der Waals surface area contributed by atoms with E-state index in [0.717, 1.165) is 29.1 Å². The van der Waals surface area contributed by atoms with Gasteiger partial charge in [0.2, 0.25) is 0 Å². The topological polar surface area (TPSA) is 77.6 Å². The number of rotatable bonds is 6. The summed E-state index contributed by atoms with van der Waals surface area (Å²) in [4.78, 5) is 17.1. The molecule has 1 amide bonds. The molecule has 2 heterocycles. The van der Waals surface area contributed by atoms with Gasteiger partial charge in [0, 0.05) is 31.4 Å². The SMILES string of the molecule is Cc1nn(C)cc1-c1ccc(C(=O)N[C@@H](CC(C)C)c2ncnn2C)cc1. The molecular weight excluding hydrogens is 340 g/mol. The number of nitrogens with zero attached hydrogens (tertiary/aromatic N) is 5. The van der Waals surface area contributed by atoms with Crippen molar-refractivity contribution in [2.45, 2.75) is 33.2 Å². The van der Waals surface area contributed by atoms with Gasteiger partial charge in [0.25, 0.3) is 5.91 Å². The van der Waals surface area contributed by atoms with Gasteiger partial charge in [-0.15, -0.1) is 0 Å². The first kappa shape index (κ1) is 18.8. The van der Waals surface area contributed by atoms with Gasteiger partial charge in [-0.3, -0.25) is 14.2 Å². The maximum Gasteiger partial charge on any atom is 0.251 e. The predicted molar refractivity (Wildman–Crippen MR) is 104 cm³/mol. The van der Waals surface area contributed by atoms with Crippen LogP contribution in [0.1, 0.15) is 48.2 Å². The average molecular weight is 366 g/mol. The summed E-state index contributed by atoms with van der Waals surface area (Å²) in [6.45, 7) is 6.23. The third-order valence-electron chi connectivity index (χ3n) is 4.54.